The van der Waals surface area contributed by atoms with Crippen molar-refractivity contribution >= 4 is 0 Å². The van der Waals surface area contributed by atoms with Crippen LogP contribution in [0.4, 0.5) is 0 Å². The first-order valence-electron chi connectivity index (χ1n) is 10.7. The highest BCUT2D eigenvalue weighted by Gasteiger charge is 2.15. The maximum atomic E-state index is 4.59. The Morgan fingerprint density at radius 3 is 1.92 bits per heavy atom. The van der Waals surface area contributed by atoms with Gasteiger partial charge in [0.1, 0.15) is 5.82 Å². The quantitative estimate of drug-likeness (QED) is 0.370. The number of nitrogens with zero attached hydrogens (tertiary/aromatic N) is 2. The fraction of sp³-hybridized carbons (Fsp3) is 0.739. The molecule has 0 aliphatic rings. The lowest BCUT2D eigenvalue weighted by Gasteiger charge is -2.20. The molecule has 1 rings (SSSR count). The zero-order valence-electron chi connectivity index (χ0n) is 17.8. The highest BCUT2D eigenvalue weighted by Crippen LogP contribution is 2.27. The molecular weight excluding hydrogens is 304 g/mol. The maximum Gasteiger partial charge on any atom is 0.132 e. The monoisotopic (exact) mass is 346 g/mol. The fourth-order valence-corrected chi connectivity index (χ4v) is 2.97. The molecule has 0 saturated heterocycles. The van der Waals surface area contributed by atoms with Gasteiger partial charge >= 0.3 is 0 Å². The minimum absolute atomic E-state index is 0.718. The second kappa shape index (κ2) is 16.3. The van der Waals surface area contributed by atoms with E-state index in [1.807, 2.05) is 26.2 Å². The fourth-order valence-electron chi connectivity index (χ4n) is 2.97. The average Bonchev–Trinajstić information content (AvgIpc) is 2.67. The molecule has 144 valence electrons. The highest BCUT2D eigenvalue weighted by molar-refractivity contribution is 5.15. The summed E-state index contributed by atoms with van der Waals surface area (Å²) < 4.78 is 0. The van der Waals surface area contributed by atoms with Crippen LogP contribution < -0.4 is 0 Å². The van der Waals surface area contributed by atoms with Crippen LogP contribution in [-0.2, 0) is 12.8 Å². The zero-order chi connectivity index (χ0) is 18.9. The summed E-state index contributed by atoms with van der Waals surface area (Å²) in [5, 5.41) is 0. The van der Waals surface area contributed by atoms with Gasteiger partial charge in [0.2, 0.25) is 0 Å². The van der Waals surface area contributed by atoms with Gasteiger partial charge in [0.05, 0.1) is 0 Å². The maximum absolute atomic E-state index is 4.59. The van der Waals surface area contributed by atoms with E-state index in [0.29, 0.717) is 0 Å². The zero-order valence-corrected chi connectivity index (χ0v) is 17.8. The summed E-state index contributed by atoms with van der Waals surface area (Å²) in [6.07, 6.45) is 18.7. The summed E-state index contributed by atoms with van der Waals surface area (Å²) in [6.45, 7) is 13.0. The molecule has 0 N–H and O–H groups in total. The molecule has 25 heavy (non-hydrogen) atoms. The first kappa shape index (κ1) is 23.8. The van der Waals surface area contributed by atoms with Crippen LogP contribution in [0.5, 0.6) is 0 Å². The van der Waals surface area contributed by atoms with E-state index < -0.39 is 0 Å². The molecule has 0 fully saturated rings. The lowest BCUT2D eigenvalue weighted by molar-refractivity contribution is 0.465. The van der Waals surface area contributed by atoms with Crippen molar-refractivity contribution < 1.29 is 0 Å². The second-order valence-corrected chi connectivity index (χ2v) is 6.59. The highest BCUT2D eigenvalue weighted by atomic mass is 14.9. The second-order valence-electron chi connectivity index (χ2n) is 6.59. The van der Waals surface area contributed by atoms with Gasteiger partial charge in [-0.2, -0.15) is 0 Å². The van der Waals surface area contributed by atoms with Gasteiger partial charge in [-0.15, -0.1) is 0 Å². The molecule has 0 aliphatic heterocycles. The molecule has 1 aromatic heterocycles. The van der Waals surface area contributed by atoms with Crippen molar-refractivity contribution in [1.29, 1.82) is 0 Å². The molecular formula is C23H42N2. The van der Waals surface area contributed by atoms with E-state index in [0.717, 1.165) is 24.6 Å². The molecule has 0 radical (unpaired) electrons. The molecule has 0 unspecified atom stereocenters. The molecule has 2 nitrogen and oxygen atoms in total. The first-order valence-corrected chi connectivity index (χ1v) is 10.7. The number of unbranched alkanes of at least 4 members (excludes halogenated alkanes) is 3. The van der Waals surface area contributed by atoms with Crippen LogP contribution in [0.15, 0.2) is 24.0 Å². The van der Waals surface area contributed by atoms with Gasteiger partial charge in [0.25, 0.3) is 0 Å². The molecule has 1 aromatic rings. The van der Waals surface area contributed by atoms with Gasteiger partial charge in [0, 0.05) is 18.8 Å². The van der Waals surface area contributed by atoms with Crippen LogP contribution >= 0.6 is 0 Å². The van der Waals surface area contributed by atoms with Crippen molar-refractivity contribution in [2.75, 3.05) is 0 Å². The van der Waals surface area contributed by atoms with Crippen molar-refractivity contribution in [3.63, 3.8) is 0 Å². The van der Waals surface area contributed by atoms with Crippen molar-refractivity contribution in [1.82, 2.24) is 9.97 Å². The van der Waals surface area contributed by atoms with E-state index in [-0.39, 0.29) is 0 Å². The summed E-state index contributed by atoms with van der Waals surface area (Å²) in [4.78, 5) is 9.18. The Morgan fingerprint density at radius 1 is 0.920 bits per heavy atom. The summed E-state index contributed by atoms with van der Waals surface area (Å²) in [5.41, 5.74) is 2.80. The van der Waals surface area contributed by atoms with E-state index in [4.69, 9.17) is 0 Å². The Hall–Kier alpha value is -1.18. The van der Waals surface area contributed by atoms with Crippen molar-refractivity contribution in [3.05, 3.63) is 35.4 Å². The molecule has 0 atom stereocenters. The Morgan fingerprint density at radius 2 is 1.48 bits per heavy atom. The summed E-state index contributed by atoms with van der Waals surface area (Å²) in [5.74, 6) is 1.71. The van der Waals surface area contributed by atoms with Crippen molar-refractivity contribution in [2.45, 2.75) is 106 Å². The normalized spacial score (nSPS) is 11.4. The average molecular weight is 347 g/mol. The number of rotatable bonds is 12. The van der Waals surface area contributed by atoms with E-state index >= 15 is 0 Å². The van der Waals surface area contributed by atoms with Gasteiger partial charge < -0.3 is 0 Å². The lowest BCUT2D eigenvalue weighted by Crippen LogP contribution is -2.10. The predicted octanol–water partition coefficient (Wildman–Crippen LogP) is 7.33. The Kier molecular flexibility index (Phi) is 15.5. The third-order valence-electron chi connectivity index (χ3n) is 4.56. The van der Waals surface area contributed by atoms with Crippen LogP contribution in [0.3, 0.4) is 0 Å². The topological polar surface area (TPSA) is 25.8 Å². The summed E-state index contributed by atoms with van der Waals surface area (Å²) in [7, 11) is 0. The Bertz CT molecular complexity index is 426. The van der Waals surface area contributed by atoms with Crippen molar-refractivity contribution in [2.24, 2.45) is 5.92 Å². The van der Waals surface area contributed by atoms with E-state index in [1.165, 1.54) is 56.9 Å². The summed E-state index contributed by atoms with van der Waals surface area (Å²) >= 11 is 0. The minimum Gasteiger partial charge on any atom is -0.241 e. The third-order valence-corrected chi connectivity index (χ3v) is 4.56. The van der Waals surface area contributed by atoms with Gasteiger partial charge in [-0.25, -0.2) is 9.97 Å². The number of allylic oxidation sites excluding steroid dienone is 2. The lowest BCUT2D eigenvalue weighted by atomic mass is 9.86. The van der Waals surface area contributed by atoms with Crippen LogP contribution in [0, 0.1) is 5.92 Å². The molecule has 0 bridgehead atoms. The largest absolute Gasteiger partial charge is 0.241 e. The summed E-state index contributed by atoms with van der Waals surface area (Å²) in [6, 6.07) is 0. The van der Waals surface area contributed by atoms with E-state index in [1.54, 1.807) is 5.57 Å². The van der Waals surface area contributed by atoms with Gasteiger partial charge in [-0.3, -0.25) is 0 Å². The molecule has 0 aromatic carbocycles. The molecule has 0 spiro atoms. The Labute approximate surface area is 157 Å². The van der Waals surface area contributed by atoms with E-state index in [9.17, 15) is 0 Å². The molecule has 0 aliphatic carbocycles. The van der Waals surface area contributed by atoms with Gasteiger partial charge in [-0.05, 0) is 37.2 Å². The van der Waals surface area contributed by atoms with Gasteiger partial charge in [-0.1, -0.05) is 85.3 Å². The Balaban J connectivity index is 0.00000277. The SMILES string of the molecule is CC.CCC/C=C(/Cc1ncc(CC)cn1)C(CCCC)CCCC. The molecule has 0 amide bonds. The molecule has 0 saturated carbocycles. The third kappa shape index (κ3) is 10.4. The number of aryl methyl sites for hydroxylation is 1. The number of hydrogen-bond donors (Lipinski definition) is 0. The van der Waals surface area contributed by atoms with Gasteiger partial charge in [0.15, 0.2) is 0 Å². The number of aromatic nitrogens is 2. The smallest absolute Gasteiger partial charge is 0.132 e. The minimum atomic E-state index is 0.718. The molecule has 1 heterocycles. The standard InChI is InChI=1S/C21H36N2.C2H6/c1-5-9-12-19(13-10-6-2)20(14-11-7-3)15-21-22-16-18(8-4)17-23-21;1-2/h14,16-17,19H,5-13,15H2,1-4H3;1-2H3/b20-14-;. The van der Waals surface area contributed by atoms with E-state index in [2.05, 4.69) is 43.7 Å². The first-order chi connectivity index (χ1) is 12.2. The van der Waals surface area contributed by atoms with Crippen LogP contribution in [-0.4, -0.2) is 9.97 Å². The van der Waals surface area contributed by atoms with Crippen LogP contribution in [0.25, 0.3) is 0 Å². The number of hydrogen-bond acceptors (Lipinski definition) is 2. The van der Waals surface area contributed by atoms with Crippen molar-refractivity contribution in [3.8, 4) is 0 Å². The van der Waals surface area contributed by atoms with Crippen LogP contribution in [0.1, 0.15) is 104 Å². The van der Waals surface area contributed by atoms with Crippen LogP contribution in [0.2, 0.25) is 0 Å². The predicted molar refractivity (Wildman–Crippen MR) is 112 cm³/mol. The molecule has 2 heteroatoms.